The van der Waals surface area contributed by atoms with Crippen LogP contribution in [0.3, 0.4) is 0 Å². The van der Waals surface area contributed by atoms with E-state index in [-0.39, 0.29) is 5.91 Å². The molecule has 0 aromatic heterocycles. The van der Waals surface area contributed by atoms with Crippen molar-refractivity contribution in [3.05, 3.63) is 0 Å². The largest absolute Gasteiger partial charge is 0.380 e. The Hall–Kier alpha value is -0.650. The van der Waals surface area contributed by atoms with Gasteiger partial charge in [0, 0.05) is 45.9 Å². The third kappa shape index (κ3) is 6.00. The fraction of sp³-hybridized carbons (Fsp3) is 0.917. The molecular formula is C12H25N3O2. The van der Waals surface area contributed by atoms with E-state index in [9.17, 15) is 4.79 Å². The molecule has 0 aliphatic carbocycles. The number of carbonyl (C=O) groups is 1. The van der Waals surface area contributed by atoms with Crippen LogP contribution < -0.4 is 5.32 Å². The molecule has 1 aliphatic rings. The molecule has 0 aromatic rings. The Morgan fingerprint density at radius 2 is 1.82 bits per heavy atom. The van der Waals surface area contributed by atoms with E-state index in [1.165, 1.54) is 0 Å². The average molecular weight is 243 g/mol. The third-order valence-corrected chi connectivity index (χ3v) is 2.96. The Morgan fingerprint density at radius 1 is 1.18 bits per heavy atom. The van der Waals surface area contributed by atoms with Gasteiger partial charge < -0.3 is 10.1 Å². The lowest BCUT2D eigenvalue weighted by Gasteiger charge is -2.34. The second-order valence-electron chi connectivity index (χ2n) is 4.27. The van der Waals surface area contributed by atoms with Crippen LogP contribution in [0.1, 0.15) is 13.8 Å². The SMILES string of the molecule is CCNC(=O)CN1CCN(CCOCC)CC1. The van der Waals surface area contributed by atoms with Gasteiger partial charge in [0.15, 0.2) is 0 Å². The van der Waals surface area contributed by atoms with E-state index < -0.39 is 0 Å². The Morgan fingerprint density at radius 3 is 2.41 bits per heavy atom. The summed E-state index contributed by atoms with van der Waals surface area (Å²) in [6.07, 6.45) is 0. The molecule has 5 nitrogen and oxygen atoms in total. The number of rotatable bonds is 7. The highest BCUT2D eigenvalue weighted by molar-refractivity contribution is 5.77. The van der Waals surface area contributed by atoms with Crippen molar-refractivity contribution < 1.29 is 9.53 Å². The molecule has 1 saturated heterocycles. The predicted octanol–water partition coefficient (Wildman–Crippen LogP) is -0.223. The van der Waals surface area contributed by atoms with Gasteiger partial charge in [-0.2, -0.15) is 0 Å². The molecule has 0 aromatic carbocycles. The Labute approximate surface area is 104 Å². The first-order valence-electron chi connectivity index (χ1n) is 6.55. The first-order valence-corrected chi connectivity index (χ1v) is 6.55. The molecule has 0 radical (unpaired) electrons. The van der Waals surface area contributed by atoms with Crippen LogP contribution in [-0.4, -0.2) is 74.7 Å². The molecule has 1 amide bonds. The summed E-state index contributed by atoms with van der Waals surface area (Å²) >= 11 is 0. The topological polar surface area (TPSA) is 44.8 Å². The third-order valence-electron chi connectivity index (χ3n) is 2.96. The van der Waals surface area contributed by atoms with Crippen LogP contribution in [0.5, 0.6) is 0 Å². The molecule has 1 N–H and O–H groups in total. The van der Waals surface area contributed by atoms with Crippen LogP contribution in [-0.2, 0) is 9.53 Å². The lowest BCUT2D eigenvalue weighted by molar-refractivity contribution is -0.122. The van der Waals surface area contributed by atoms with Gasteiger partial charge in [-0.3, -0.25) is 14.6 Å². The number of hydrogen-bond donors (Lipinski definition) is 1. The van der Waals surface area contributed by atoms with Gasteiger partial charge in [-0.05, 0) is 13.8 Å². The minimum absolute atomic E-state index is 0.135. The standard InChI is InChI=1S/C12H25N3O2/c1-3-13-12(16)11-15-7-5-14(6-8-15)9-10-17-4-2/h3-11H2,1-2H3,(H,13,16). The van der Waals surface area contributed by atoms with Gasteiger partial charge in [-0.1, -0.05) is 0 Å². The van der Waals surface area contributed by atoms with Crippen molar-refractivity contribution in [2.45, 2.75) is 13.8 Å². The van der Waals surface area contributed by atoms with Crippen LogP contribution in [0.15, 0.2) is 0 Å². The zero-order chi connectivity index (χ0) is 12.5. The molecule has 0 atom stereocenters. The van der Waals surface area contributed by atoms with Crippen LogP contribution in [0.4, 0.5) is 0 Å². The highest BCUT2D eigenvalue weighted by Crippen LogP contribution is 2.00. The van der Waals surface area contributed by atoms with E-state index >= 15 is 0 Å². The minimum Gasteiger partial charge on any atom is -0.380 e. The monoisotopic (exact) mass is 243 g/mol. The molecular weight excluding hydrogens is 218 g/mol. The molecule has 1 fully saturated rings. The predicted molar refractivity (Wildman–Crippen MR) is 68.1 cm³/mol. The Balaban J connectivity index is 2.10. The molecule has 0 spiro atoms. The molecule has 0 saturated carbocycles. The molecule has 1 aliphatic heterocycles. The zero-order valence-corrected chi connectivity index (χ0v) is 11.1. The number of nitrogens with zero attached hydrogens (tertiary/aromatic N) is 2. The van der Waals surface area contributed by atoms with Crippen molar-refractivity contribution in [2.75, 3.05) is 59.0 Å². The molecule has 17 heavy (non-hydrogen) atoms. The summed E-state index contributed by atoms with van der Waals surface area (Å²) in [5.74, 6) is 0.135. The Kier molecular flexibility index (Phi) is 7.16. The van der Waals surface area contributed by atoms with E-state index in [2.05, 4.69) is 15.1 Å². The average Bonchev–Trinajstić information content (AvgIpc) is 2.32. The van der Waals surface area contributed by atoms with Gasteiger partial charge in [0.1, 0.15) is 0 Å². The lowest BCUT2D eigenvalue weighted by atomic mass is 10.3. The van der Waals surface area contributed by atoms with E-state index in [1.807, 2.05) is 13.8 Å². The van der Waals surface area contributed by atoms with Crippen molar-refractivity contribution in [3.63, 3.8) is 0 Å². The van der Waals surface area contributed by atoms with Gasteiger partial charge in [0.25, 0.3) is 0 Å². The minimum atomic E-state index is 0.135. The highest BCUT2D eigenvalue weighted by Gasteiger charge is 2.18. The molecule has 5 heteroatoms. The summed E-state index contributed by atoms with van der Waals surface area (Å²) in [4.78, 5) is 16.0. The van der Waals surface area contributed by atoms with Gasteiger partial charge in [0.05, 0.1) is 13.2 Å². The molecule has 0 bridgehead atoms. The van der Waals surface area contributed by atoms with E-state index in [1.54, 1.807) is 0 Å². The first-order chi connectivity index (χ1) is 8.26. The second-order valence-corrected chi connectivity index (χ2v) is 4.27. The molecule has 1 rings (SSSR count). The normalized spacial score (nSPS) is 18.2. The number of carbonyl (C=O) groups excluding carboxylic acids is 1. The lowest BCUT2D eigenvalue weighted by Crippen LogP contribution is -2.50. The summed E-state index contributed by atoms with van der Waals surface area (Å²) in [7, 11) is 0. The molecule has 1 heterocycles. The van der Waals surface area contributed by atoms with Crippen molar-refractivity contribution in [1.29, 1.82) is 0 Å². The fourth-order valence-electron chi connectivity index (χ4n) is 1.97. The van der Waals surface area contributed by atoms with Crippen molar-refractivity contribution in [3.8, 4) is 0 Å². The number of ether oxygens (including phenoxy) is 1. The number of piperazine rings is 1. The smallest absolute Gasteiger partial charge is 0.234 e. The highest BCUT2D eigenvalue weighted by atomic mass is 16.5. The van der Waals surface area contributed by atoms with Crippen LogP contribution in [0.25, 0.3) is 0 Å². The molecule has 100 valence electrons. The van der Waals surface area contributed by atoms with E-state index in [4.69, 9.17) is 4.74 Å². The maximum absolute atomic E-state index is 11.4. The summed E-state index contributed by atoms with van der Waals surface area (Å²) in [6, 6.07) is 0. The summed E-state index contributed by atoms with van der Waals surface area (Å²) < 4.78 is 5.34. The molecule has 0 unspecified atom stereocenters. The maximum atomic E-state index is 11.4. The van der Waals surface area contributed by atoms with Gasteiger partial charge in [-0.25, -0.2) is 0 Å². The number of hydrogen-bond acceptors (Lipinski definition) is 4. The summed E-state index contributed by atoms with van der Waals surface area (Å²) in [5, 5.41) is 2.83. The van der Waals surface area contributed by atoms with Crippen LogP contribution in [0.2, 0.25) is 0 Å². The summed E-state index contributed by atoms with van der Waals surface area (Å²) in [6.45, 7) is 11.8. The van der Waals surface area contributed by atoms with Gasteiger partial charge in [-0.15, -0.1) is 0 Å². The Bertz CT molecular complexity index is 216. The first kappa shape index (κ1) is 14.4. The van der Waals surface area contributed by atoms with Crippen molar-refractivity contribution in [1.82, 2.24) is 15.1 Å². The van der Waals surface area contributed by atoms with Gasteiger partial charge in [0.2, 0.25) is 5.91 Å². The number of likely N-dealkylation sites (N-methyl/N-ethyl adjacent to an activating group) is 1. The van der Waals surface area contributed by atoms with Gasteiger partial charge >= 0.3 is 0 Å². The van der Waals surface area contributed by atoms with Crippen molar-refractivity contribution in [2.24, 2.45) is 0 Å². The maximum Gasteiger partial charge on any atom is 0.234 e. The van der Waals surface area contributed by atoms with E-state index in [0.717, 1.165) is 45.9 Å². The quantitative estimate of drug-likeness (QED) is 0.628. The zero-order valence-electron chi connectivity index (χ0n) is 11.1. The summed E-state index contributed by atoms with van der Waals surface area (Å²) in [5.41, 5.74) is 0. The van der Waals surface area contributed by atoms with Crippen molar-refractivity contribution >= 4 is 5.91 Å². The van der Waals surface area contributed by atoms with Crippen LogP contribution >= 0.6 is 0 Å². The second kappa shape index (κ2) is 8.44. The fourth-order valence-corrected chi connectivity index (χ4v) is 1.97. The van der Waals surface area contributed by atoms with E-state index in [0.29, 0.717) is 13.1 Å². The number of amides is 1. The number of nitrogens with one attached hydrogen (secondary N) is 1. The van der Waals surface area contributed by atoms with Crippen LogP contribution in [0, 0.1) is 0 Å².